The van der Waals surface area contributed by atoms with Gasteiger partial charge in [0.15, 0.2) is 0 Å². The van der Waals surface area contributed by atoms with Crippen molar-refractivity contribution in [3.63, 3.8) is 0 Å². The number of hydrogen-bond donors (Lipinski definition) is 1. The van der Waals surface area contributed by atoms with Crippen molar-refractivity contribution in [3.05, 3.63) is 59.2 Å². The Morgan fingerprint density at radius 1 is 1.25 bits per heavy atom. The van der Waals surface area contributed by atoms with E-state index in [9.17, 15) is 5.02 Å². The molecule has 0 aromatic heterocycles. The molecule has 1 N–H and O–H groups in total. The minimum Gasteiger partial charge on any atom is -0.423 e. The summed E-state index contributed by atoms with van der Waals surface area (Å²) in [4.78, 5) is 0. The SMILES string of the molecule is CC.C\C=C/C(/C=C/c1ccc2c(c1)COB2O)=C\C. The molecule has 3 heteroatoms. The summed E-state index contributed by atoms with van der Waals surface area (Å²) in [7, 11) is -0.757. The van der Waals surface area contributed by atoms with E-state index in [1.807, 2.05) is 45.9 Å². The molecule has 0 bridgehead atoms. The lowest BCUT2D eigenvalue weighted by Gasteiger charge is -2.00. The van der Waals surface area contributed by atoms with Crippen LogP contribution in [0, 0.1) is 0 Å². The summed E-state index contributed by atoms with van der Waals surface area (Å²) in [5, 5.41) is 9.54. The number of allylic oxidation sites excluding steroid dienone is 5. The Morgan fingerprint density at radius 3 is 2.65 bits per heavy atom. The van der Waals surface area contributed by atoms with Gasteiger partial charge in [-0.2, -0.15) is 0 Å². The van der Waals surface area contributed by atoms with Gasteiger partial charge >= 0.3 is 7.12 Å². The van der Waals surface area contributed by atoms with E-state index in [0.29, 0.717) is 6.61 Å². The molecule has 0 aliphatic carbocycles. The van der Waals surface area contributed by atoms with Gasteiger partial charge < -0.3 is 9.68 Å². The lowest BCUT2D eigenvalue weighted by Crippen LogP contribution is -2.27. The standard InChI is InChI=1S/C15H17BO2.C2H6/c1-3-5-12(4-2)6-7-13-8-9-15-14(10-13)11-18-16(15)17;1-2/h3-10,17H,11H2,1-2H3;1-2H3/b5-3-,7-6+,12-4+;. The average molecular weight is 270 g/mol. The molecule has 1 heterocycles. The Labute approximate surface area is 122 Å². The van der Waals surface area contributed by atoms with E-state index in [2.05, 4.69) is 30.4 Å². The zero-order valence-corrected chi connectivity index (χ0v) is 12.8. The van der Waals surface area contributed by atoms with E-state index in [1.165, 1.54) is 5.57 Å². The first-order chi connectivity index (χ1) is 9.74. The first kappa shape index (κ1) is 16.5. The fourth-order valence-electron chi connectivity index (χ4n) is 1.99. The minimum atomic E-state index is -0.757. The minimum absolute atomic E-state index is 0.490. The largest absolute Gasteiger partial charge is 0.491 e. The summed E-state index contributed by atoms with van der Waals surface area (Å²) in [5.74, 6) is 0. The van der Waals surface area contributed by atoms with Gasteiger partial charge in [-0.25, -0.2) is 0 Å². The van der Waals surface area contributed by atoms with Gasteiger partial charge in [0.25, 0.3) is 0 Å². The van der Waals surface area contributed by atoms with Crippen LogP contribution in [-0.2, 0) is 11.3 Å². The van der Waals surface area contributed by atoms with Gasteiger partial charge in [0.05, 0.1) is 6.61 Å². The monoisotopic (exact) mass is 270 g/mol. The van der Waals surface area contributed by atoms with Gasteiger partial charge in [0, 0.05) is 0 Å². The Morgan fingerprint density at radius 2 is 2.00 bits per heavy atom. The third-order valence-electron chi connectivity index (χ3n) is 2.99. The number of benzene rings is 1. The van der Waals surface area contributed by atoms with Crippen LogP contribution in [0.5, 0.6) is 0 Å². The predicted molar refractivity (Wildman–Crippen MR) is 87.8 cm³/mol. The van der Waals surface area contributed by atoms with Crippen molar-refractivity contribution < 1.29 is 9.68 Å². The zero-order chi connectivity index (χ0) is 15.0. The zero-order valence-electron chi connectivity index (χ0n) is 12.8. The Kier molecular flexibility index (Phi) is 7.06. The highest BCUT2D eigenvalue weighted by molar-refractivity contribution is 6.61. The summed E-state index contributed by atoms with van der Waals surface area (Å²) in [6.07, 6.45) is 10.3. The lowest BCUT2D eigenvalue weighted by atomic mass is 9.79. The average Bonchev–Trinajstić information content (AvgIpc) is 2.86. The van der Waals surface area contributed by atoms with Crippen LogP contribution in [0.25, 0.3) is 6.08 Å². The van der Waals surface area contributed by atoms with Gasteiger partial charge in [-0.3, -0.25) is 0 Å². The molecule has 106 valence electrons. The smallest absolute Gasteiger partial charge is 0.423 e. The molecule has 1 aromatic carbocycles. The maximum Gasteiger partial charge on any atom is 0.491 e. The maximum atomic E-state index is 9.54. The molecule has 20 heavy (non-hydrogen) atoms. The van der Waals surface area contributed by atoms with Crippen molar-refractivity contribution in [2.75, 3.05) is 0 Å². The van der Waals surface area contributed by atoms with E-state index in [4.69, 9.17) is 4.65 Å². The molecule has 1 aromatic rings. The second-order valence-corrected chi connectivity index (χ2v) is 4.24. The second-order valence-electron chi connectivity index (χ2n) is 4.24. The maximum absolute atomic E-state index is 9.54. The molecule has 0 spiro atoms. The van der Waals surface area contributed by atoms with Gasteiger partial charge in [0.1, 0.15) is 0 Å². The van der Waals surface area contributed by atoms with Crippen molar-refractivity contribution in [2.45, 2.75) is 34.3 Å². The van der Waals surface area contributed by atoms with Crippen LogP contribution in [0.3, 0.4) is 0 Å². The molecule has 1 aliphatic rings. The van der Waals surface area contributed by atoms with Crippen LogP contribution in [0.4, 0.5) is 0 Å². The predicted octanol–water partition coefficient (Wildman–Crippen LogP) is 3.47. The first-order valence-electron chi connectivity index (χ1n) is 7.14. The third-order valence-corrected chi connectivity index (χ3v) is 2.99. The molecule has 0 saturated carbocycles. The molecule has 0 unspecified atom stereocenters. The lowest BCUT2D eigenvalue weighted by molar-refractivity contribution is 0.275. The highest BCUT2D eigenvalue weighted by atomic mass is 16.5. The highest BCUT2D eigenvalue weighted by Gasteiger charge is 2.26. The summed E-state index contributed by atoms with van der Waals surface area (Å²) in [6.45, 7) is 8.52. The van der Waals surface area contributed by atoms with E-state index in [-0.39, 0.29) is 0 Å². The fraction of sp³-hybridized carbons (Fsp3) is 0.294. The van der Waals surface area contributed by atoms with Gasteiger partial charge in [-0.15, -0.1) is 0 Å². The van der Waals surface area contributed by atoms with Crippen molar-refractivity contribution in [3.8, 4) is 0 Å². The van der Waals surface area contributed by atoms with Crippen molar-refractivity contribution in [1.29, 1.82) is 0 Å². The third kappa shape index (κ3) is 4.22. The van der Waals surface area contributed by atoms with Crippen LogP contribution in [-0.4, -0.2) is 12.1 Å². The molecular formula is C17H23BO2. The Balaban J connectivity index is 0.000000956. The molecule has 2 rings (SSSR count). The quantitative estimate of drug-likeness (QED) is 0.673. The van der Waals surface area contributed by atoms with Crippen molar-refractivity contribution in [2.24, 2.45) is 0 Å². The van der Waals surface area contributed by atoms with Crippen molar-refractivity contribution in [1.82, 2.24) is 0 Å². The van der Waals surface area contributed by atoms with Crippen LogP contribution < -0.4 is 5.46 Å². The molecule has 2 nitrogen and oxygen atoms in total. The van der Waals surface area contributed by atoms with E-state index in [0.717, 1.165) is 16.6 Å². The first-order valence-corrected chi connectivity index (χ1v) is 7.14. The summed E-state index contributed by atoms with van der Waals surface area (Å²) >= 11 is 0. The van der Waals surface area contributed by atoms with E-state index >= 15 is 0 Å². The summed E-state index contributed by atoms with van der Waals surface area (Å²) in [5.41, 5.74) is 4.24. The van der Waals surface area contributed by atoms with Crippen LogP contribution in [0.1, 0.15) is 38.8 Å². The van der Waals surface area contributed by atoms with E-state index < -0.39 is 7.12 Å². The van der Waals surface area contributed by atoms with Crippen LogP contribution >= 0.6 is 0 Å². The van der Waals surface area contributed by atoms with Crippen LogP contribution in [0.2, 0.25) is 0 Å². The number of hydrogen-bond acceptors (Lipinski definition) is 2. The normalized spacial score (nSPS) is 14.7. The van der Waals surface area contributed by atoms with Gasteiger partial charge in [-0.05, 0) is 42.1 Å². The highest BCUT2D eigenvalue weighted by Crippen LogP contribution is 2.14. The molecule has 0 fully saturated rings. The summed E-state index contributed by atoms with van der Waals surface area (Å²) < 4.78 is 5.17. The molecular weight excluding hydrogens is 247 g/mol. The van der Waals surface area contributed by atoms with Gasteiger partial charge in [0.2, 0.25) is 0 Å². The second kappa shape index (κ2) is 8.57. The fourth-order valence-corrected chi connectivity index (χ4v) is 1.99. The van der Waals surface area contributed by atoms with Crippen LogP contribution in [0.15, 0.2) is 48.1 Å². The molecule has 1 aliphatic heterocycles. The molecule has 0 radical (unpaired) electrons. The Hall–Kier alpha value is -1.58. The van der Waals surface area contributed by atoms with Gasteiger partial charge in [-0.1, -0.05) is 56.4 Å². The molecule has 0 saturated heterocycles. The summed E-state index contributed by atoms with van der Waals surface area (Å²) in [6, 6.07) is 5.98. The van der Waals surface area contributed by atoms with E-state index in [1.54, 1.807) is 0 Å². The topological polar surface area (TPSA) is 29.5 Å². The molecule has 0 amide bonds. The Bertz CT molecular complexity index is 516. The molecule has 0 atom stereocenters. The number of fused-ring (bicyclic) bond motifs is 1. The number of rotatable bonds is 3. The van der Waals surface area contributed by atoms with Crippen molar-refractivity contribution >= 4 is 18.7 Å².